The summed E-state index contributed by atoms with van der Waals surface area (Å²) in [7, 11) is -0.865. The molecule has 31 heavy (non-hydrogen) atoms. The van der Waals surface area contributed by atoms with Crippen molar-refractivity contribution in [3.63, 3.8) is 0 Å². The molecule has 0 spiro atoms. The Balaban J connectivity index is 2.17. The molecule has 0 aliphatic carbocycles. The van der Waals surface area contributed by atoms with E-state index in [0.717, 1.165) is 24.3 Å². The summed E-state index contributed by atoms with van der Waals surface area (Å²) in [5.74, 6) is -1.17. The van der Waals surface area contributed by atoms with Crippen LogP contribution >= 0.6 is 0 Å². The first-order valence-corrected chi connectivity index (χ1v) is 9.50. The van der Waals surface area contributed by atoms with Crippen molar-refractivity contribution < 1.29 is 45.1 Å². The Hall–Kier alpha value is -2.72. The van der Waals surface area contributed by atoms with Gasteiger partial charge in [0.05, 0.1) is 24.3 Å². The van der Waals surface area contributed by atoms with Crippen LogP contribution in [0.15, 0.2) is 36.4 Å². The minimum absolute atomic E-state index is 0.00414. The molecule has 0 heterocycles. The van der Waals surface area contributed by atoms with E-state index in [-0.39, 0.29) is 24.7 Å². The number of alkyl halides is 6. The van der Waals surface area contributed by atoms with Crippen LogP contribution < -0.4 is 18.8 Å². The highest BCUT2D eigenvalue weighted by molar-refractivity contribution is 6.20. The number of ether oxygens (including phenoxy) is 2. The zero-order valence-electron chi connectivity index (χ0n) is 16.9. The lowest BCUT2D eigenvalue weighted by molar-refractivity contribution is -0.139. The van der Waals surface area contributed by atoms with Gasteiger partial charge in [-0.15, -0.1) is 0 Å². The SMILES string of the molecule is CCCOc1ccc(OBOc2ccc(OCCC)cc2C(F)(F)F)c(C(F)(F)F)c1. The molecule has 0 aliphatic heterocycles. The first-order valence-electron chi connectivity index (χ1n) is 9.50. The maximum absolute atomic E-state index is 13.3. The second kappa shape index (κ2) is 10.5. The van der Waals surface area contributed by atoms with Crippen LogP contribution in [0.1, 0.15) is 37.8 Å². The van der Waals surface area contributed by atoms with Gasteiger partial charge in [0.1, 0.15) is 23.0 Å². The molecule has 0 bridgehead atoms. The molecule has 0 amide bonds. The molecule has 0 fully saturated rings. The van der Waals surface area contributed by atoms with E-state index < -0.39 is 42.7 Å². The van der Waals surface area contributed by atoms with Gasteiger partial charge in [0.25, 0.3) is 0 Å². The van der Waals surface area contributed by atoms with Crippen molar-refractivity contribution in [3.8, 4) is 23.0 Å². The second-order valence-corrected chi connectivity index (χ2v) is 6.41. The smallest absolute Gasteiger partial charge is 0.528 e. The van der Waals surface area contributed by atoms with E-state index in [1.165, 1.54) is 12.1 Å². The average Bonchev–Trinajstić information content (AvgIpc) is 2.70. The topological polar surface area (TPSA) is 36.9 Å². The predicted octanol–water partition coefficient (Wildman–Crippen LogP) is 6.03. The van der Waals surface area contributed by atoms with Gasteiger partial charge >= 0.3 is 20.0 Å². The third-order valence-electron chi connectivity index (χ3n) is 3.89. The normalized spacial score (nSPS) is 11.7. The van der Waals surface area contributed by atoms with Crippen LogP contribution in [0, 0.1) is 0 Å². The molecule has 11 heteroatoms. The molecule has 0 N–H and O–H groups in total. The van der Waals surface area contributed by atoms with E-state index in [0.29, 0.717) is 12.8 Å². The third kappa shape index (κ3) is 7.18. The molecule has 0 aromatic heterocycles. The summed E-state index contributed by atoms with van der Waals surface area (Å²) < 4.78 is 100. The highest BCUT2D eigenvalue weighted by Gasteiger charge is 2.36. The first-order chi connectivity index (χ1) is 14.6. The van der Waals surface area contributed by atoms with Crippen molar-refractivity contribution in [2.24, 2.45) is 0 Å². The lowest BCUT2D eigenvalue weighted by Crippen LogP contribution is -2.17. The minimum Gasteiger partial charge on any atom is -0.528 e. The fourth-order valence-electron chi connectivity index (χ4n) is 2.49. The summed E-state index contributed by atoms with van der Waals surface area (Å²) >= 11 is 0. The molecule has 0 saturated carbocycles. The molecule has 0 atom stereocenters. The molecule has 0 unspecified atom stereocenters. The highest BCUT2D eigenvalue weighted by atomic mass is 19.4. The number of hydrogen-bond acceptors (Lipinski definition) is 4. The Bertz CT molecular complexity index is 785. The zero-order valence-corrected chi connectivity index (χ0v) is 16.9. The van der Waals surface area contributed by atoms with Gasteiger partial charge < -0.3 is 18.8 Å². The van der Waals surface area contributed by atoms with Gasteiger partial charge in [-0.3, -0.25) is 0 Å². The van der Waals surface area contributed by atoms with E-state index in [9.17, 15) is 26.3 Å². The fourth-order valence-corrected chi connectivity index (χ4v) is 2.49. The van der Waals surface area contributed by atoms with E-state index >= 15 is 0 Å². The second-order valence-electron chi connectivity index (χ2n) is 6.41. The Kier molecular flexibility index (Phi) is 8.35. The largest absolute Gasteiger partial charge is 0.576 e. The predicted molar refractivity (Wildman–Crippen MR) is 103 cm³/mol. The molecule has 0 radical (unpaired) electrons. The van der Waals surface area contributed by atoms with Gasteiger partial charge in [-0.1, -0.05) is 13.8 Å². The molecule has 2 rings (SSSR count). The van der Waals surface area contributed by atoms with Crippen LogP contribution in [-0.2, 0) is 12.4 Å². The molecule has 4 nitrogen and oxygen atoms in total. The standard InChI is InChI=1S/C20H21BF6O4/c1-3-9-28-13-5-7-17(15(11-13)19(22,23)24)30-21-31-18-8-6-14(29-10-4-2)12-16(18)20(25,26)27/h5-8,11-12,21H,3-4,9-10H2,1-2H3. The van der Waals surface area contributed by atoms with Crippen LogP contribution in [0.25, 0.3) is 0 Å². The summed E-state index contributed by atoms with van der Waals surface area (Å²) in [4.78, 5) is 0. The molecule has 2 aromatic rings. The number of halogens is 6. The number of hydrogen-bond donors (Lipinski definition) is 0. The third-order valence-corrected chi connectivity index (χ3v) is 3.89. The van der Waals surface area contributed by atoms with Crippen molar-refractivity contribution >= 4 is 7.69 Å². The van der Waals surface area contributed by atoms with Gasteiger partial charge in [0, 0.05) is 0 Å². The van der Waals surface area contributed by atoms with Crippen molar-refractivity contribution in [3.05, 3.63) is 47.5 Å². The summed E-state index contributed by atoms with van der Waals surface area (Å²) in [6, 6.07) is 6.16. The van der Waals surface area contributed by atoms with Gasteiger partial charge in [-0.2, -0.15) is 26.3 Å². The van der Waals surface area contributed by atoms with Crippen LogP contribution in [0.2, 0.25) is 0 Å². The Morgan fingerprint density at radius 2 is 1.06 bits per heavy atom. The lowest BCUT2D eigenvalue weighted by atomic mass is 10.1. The molecule has 2 aromatic carbocycles. The van der Waals surface area contributed by atoms with E-state index in [1.54, 1.807) is 13.8 Å². The summed E-state index contributed by atoms with van der Waals surface area (Å²) in [6.07, 6.45) is -8.29. The van der Waals surface area contributed by atoms with Gasteiger partial charge in [-0.25, -0.2) is 0 Å². The van der Waals surface area contributed by atoms with Gasteiger partial charge in [0.2, 0.25) is 0 Å². The molecular weight excluding hydrogens is 429 g/mol. The number of rotatable bonds is 10. The molecule has 0 saturated heterocycles. The Morgan fingerprint density at radius 3 is 1.39 bits per heavy atom. The molecule has 170 valence electrons. The Labute approximate surface area is 176 Å². The summed E-state index contributed by atoms with van der Waals surface area (Å²) in [5, 5.41) is 0. The van der Waals surface area contributed by atoms with Crippen LogP contribution in [0.5, 0.6) is 23.0 Å². The van der Waals surface area contributed by atoms with Crippen molar-refractivity contribution in [2.75, 3.05) is 13.2 Å². The van der Waals surface area contributed by atoms with Gasteiger partial charge in [0.15, 0.2) is 0 Å². The minimum atomic E-state index is -4.75. The number of benzene rings is 2. The first kappa shape index (κ1) is 24.6. The average molecular weight is 450 g/mol. The lowest BCUT2D eigenvalue weighted by Gasteiger charge is -2.18. The molecular formula is C20H21BF6O4. The quantitative estimate of drug-likeness (QED) is 0.328. The maximum atomic E-state index is 13.3. The van der Waals surface area contributed by atoms with Gasteiger partial charge in [-0.05, 0) is 49.2 Å². The van der Waals surface area contributed by atoms with E-state index in [4.69, 9.17) is 18.8 Å². The summed E-state index contributed by atoms with van der Waals surface area (Å²) in [6.45, 7) is 4.08. The fraction of sp³-hybridized carbons (Fsp3) is 0.400. The maximum Gasteiger partial charge on any atom is 0.576 e. The van der Waals surface area contributed by atoms with Crippen molar-refractivity contribution in [2.45, 2.75) is 39.0 Å². The zero-order chi connectivity index (χ0) is 23.1. The van der Waals surface area contributed by atoms with Crippen molar-refractivity contribution in [1.82, 2.24) is 0 Å². The van der Waals surface area contributed by atoms with Crippen LogP contribution in [0.4, 0.5) is 26.3 Å². The Morgan fingerprint density at radius 1 is 0.677 bits per heavy atom. The highest BCUT2D eigenvalue weighted by Crippen LogP contribution is 2.40. The summed E-state index contributed by atoms with van der Waals surface area (Å²) in [5.41, 5.74) is -2.24. The van der Waals surface area contributed by atoms with Crippen molar-refractivity contribution in [1.29, 1.82) is 0 Å². The van der Waals surface area contributed by atoms with Crippen LogP contribution in [-0.4, -0.2) is 20.9 Å². The van der Waals surface area contributed by atoms with E-state index in [2.05, 4.69) is 0 Å². The van der Waals surface area contributed by atoms with Crippen LogP contribution in [0.3, 0.4) is 0 Å². The monoisotopic (exact) mass is 450 g/mol. The van der Waals surface area contributed by atoms with E-state index in [1.807, 2.05) is 0 Å². The molecule has 0 aliphatic rings.